The van der Waals surface area contributed by atoms with Crippen molar-refractivity contribution >= 4 is 29.5 Å². The van der Waals surface area contributed by atoms with Gasteiger partial charge >= 0.3 is 5.97 Å². The van der Waals surface area contributed by atoms with E-state index in [9.17, 15) is 4.79 Å². The SMILES string of the molecule is CCOC(=O)/C(C=NC1CCC(Nc2ncnc(N)c2C(=N)c2ccc(Oc3ccccc3)cc2)CC1)=C/N. The second-order valence-electron chi connectivity index (χ2n) is 9.07. The molecule has 0 amide bonds. The highest BCUT2D eigenvalue weighted by atomic mass is 16.5. The molecule has 1 saturated carbocycles. The summed E-state index contributed by atoms with van der Waals surface area (Å²) in [5.74, 6) is 1.70. The standard InChI is InChI=1S/C29H33N7O3/c1-2-38-29(37)20(16-30)17-33-21-10-12-22(13-11-21)36-28-25(27(32)34-18-35-28)26(31)19-8-14-24(15-9-19)39-23-6-4-3-5-7-23/h3-9,14-18,21-22,31H,2,10-13,30H2,1H3,(H3,32,34,35,36)/b20-16+,31-26?,33-17?. The van der Waals surface area contributed by atoms with Gasteiger partial charge in [0.2, 0.25) is 0 Å². The molecule has 0 saturated heterocycles. The molecule has 10 nitrogen and oxygen atoms in total. The van der Waals surface area contributed by atoms with E-state index in [1.807, 2.05) is 54.6 Å². The Bertz CT molecular complexity index is 1330. The molecular weight excluding hydrogens is 494 g/mol. The number of nitrogen functional groups attached to an aromatic ring is 1. The van der Waals surface area contributed by atoms with E-state index in [0.29, 0.717) is 22.7 Å². The van der Waals surface area contributed by atoms with Gasteiger partial charge in [-0.1, -0.05) is 18.2 Å². The van der Waals surface area contributed by atoms with Gasteiger partial charge in [-0.25, -0.2) is 14.8 Å². The molecule has 1 aromatic heterocycles. The number of hydrogen-bond donors (Lipinski definition) is 4. The Balaban J connectivity index is 1.39. The average molecular weight is 528 g/mol. The van der Waals surface area contributed by atoms with E-state index in [4.69, 9.17) is 26.4 Å². The van der Waals surface area contributed by atoms with E-state index in [0.717, 1.165) is 31.4 Å². The fraction of sp³-hybridized carbons (Fsp3) is 0.276. The number of nitrogens with two attached hydrogens (primary N) is 2. The second-order valence-corrected chi connectivity index (χ2v) is 9.07. The van der Waals surface area contributed by atoms with Gasteiger partial charge in [0.1, 0.15) is 29.5 Å². The quantitative estimate of drug-likeness (QED) is 0.171. The smallest absolute Gasteiger partial charge is 0.341 e. The molecule has 1 aliphatic carbocycles. The third kappa shape index (κ3) is 7.19. The van der Waals surface area contributed by atoms with Gasteiger partial charge in [-0.15, -0.1) is 0 Å². The van der Waals surface area contributed by atoms with E-state index in [1.54, 1.807) is 6.92 Å². The molecule has 10 heteroatoms. The van der Waals surface area contributed by atoms with Crippen molar-refractivity contribution in [3.05, 3.63) is 83.8 Å². The number of aliphatic imine (C=N–C) groups is 1. The van der Waals surface area contributed by atoms with Crippen molar-refractivity contribution in [3.8, 4) is 11.5 Å². The van der Waals surface area contributed by atoms with E-state index in [1.165, 1.54) is 18.7 Å². The topological polar surface area (TPSA) is 162 Å². The third-order valence-corrected chi connectivity index (χ3v) is 6.40. The van der Waals surface area contributed by atoms with Crippen LogP contribution in [0.3, 0.4) is 0 Å². The lowest BCUT2D eigenvalue weighted by Gasteiger charge is -2.28. The molecule has 39 heavy (non-hydrogen) atoms. The summed E-state index contributed by atoms with van der Waals surface area (Å²) < 4.78 is 10.8. The van der Waals surface area contributed by atoms with Crippen LogP contribution >= 0.6 is 0 Å². The summed E-state index contributed by atoms with van der Waals surface area (Å²) in [6.45, 7) is 2.02. The van der Waals surface area contributed by atoms with Crippen LogP contribution in [0.1, 0.15) is 43.7 Å². The number of benzene rings is 2. The Morgan fingerprint density at radius 2 is 1.77 bits per heavy atom. The molecule has 0 aliphatic heterocycles. The Hall–Kier alpha value is -4.73. The van der Waals surface area contributed by atoms with Crippen LogP contribution in [0.25, 0.3) is 0 Å². The molecule has 0 unspecified atom stereocenters. The fourth-order valence-electron chi connectivity index (χ4n) is 4.34. The zero-order valence-corrected chi connectivity index (χ0v) is 21.8. The van der Waals surface area contributed by atoms with E-state index < -0.39 is 5.97 Å². The van der Waals surface area contributed by atoms with Crippen LogP contribution in [0, 0.1) is 5.41 Å². The van der Waals surface area contributed by atoms with Crippen molar-refractivity contribution in [1.29, 1.82) is 5.41 Å². The lowest BCUT2D eigenvalue weighted by atomic mass is 9.91. The molecule has 2 aromatic carbocycles. The summed E-state index contributed by atoms with van der Waals surface area (Å²) >= 11 is 0. The van der Waals surface area contributed by atoms with Crippen molar-refractivity contribution in [2.45, 2.75) is 44.7 Å². The highest BCUT2D eigenvalue weighted by Crippen LogP contribution is 2.28. The maximum absolute atomic E-state index is 11.9. The highest BCUT2D eigenvalue weighted by molar-refractivity contribution is 6.16. The number of para-hydroxylation sites is 1. The van der Waals surface area contributed by atoms with Gasteiger partial charge in [0.15, 0.2) is 0 Å². The molecular formula is C29H33N7O3. The van der Waals surface area contributed by atoms with E-state index in [2.05, 4.69) is 20.3 Å². The van der Waals surface area contributed by atoms with Crippen molar-refractivity contribution < 1.29 is 14.3 Å². The van der Waals surface area contributed by atoms with Crippen LogP contribution in [0.4, 0.5) is 11.6 Å². The summed E-state index contributed by atoms with van der Waals surface area (Å²) in [4.78, 5) is 25.0. The second kappa shape index (κ2) is 13.2. The van der Waals surface area contributed by atoms with Gasteiger partial charge in [-0.05, 0) is 69.0 Å². The van der Waals surface area contributed by atoms with Crippen molar-refractivity contribution in [3.63, 3.8) is 0 Å². The molecule has 0 atom stereocenters. The van der Waals surface area contributed by atoms with Crippen molar-refractivity contribution in [1.82, 2.24) is 9.97 Å². The third-order valence-electron chi connectivity index (χ3n) is 6.40. The number of hydrogen-bond acceptors (Lipinski definition) is 10. The van der Waals surface area contributed by atoms with Crippen LogP contribution in [-0.2, 0) is 9.53 Å². The largest absolute Gasteiger partial charge is 0.462 e. The monoisotopic (exact) mass is 527 g/mol. The molecule has 1 heterocycles. The molecule has 0 radical (unpaired) electrons. The minimum Gasteiger partial charge on any atom is -0.462 e. The number of aromatic nitrogens is 2. The first-order valence-electron chi connectivity index (χ1n) is 12.9. The highest BCUT2D eigenvalue weighted by Gasteiger charge is 2.24. The van der Waals surface area contributed by atoms with Gasteiger partial charge in [0.25, 0.3) is 0 Å². The zero-order chi connectivity index (χ0) is 27.6. The molecule has 0 bridgehead atoms. The number of carbonyl (C=O) groups is 1. The summed E-state index contributed by atoms with van der Waals surface area (Å²) in [7, 11) is 0. The maximum Gasteiger partial charge on any atom is 0.341 e. The first-order chi connectivity index (χ1) is 19.0. The summed E-state index contributed by atoms with van der Waals surface area (Å²) in [6.07, 6.45) is 7.44. The molecule has 3 aromatic rings. The Labute approximate surface area is 227 Å². The van der Waals surface area contributed by atoms with E-state index >= 15 is 0 Å². The Morgan fingerprint density at radius 1 is 1.08 bits per heavy atom. The zero-order valence-electron chi connectivity index (χ0n) is 21.8. The first kappa shape index (κ1) is 27.3. The predicted molar refractivity (Wildman–Crippen MR) is 152 cm³/mol. The lowest BCUT2D eigenvalue weighted by molar-refractivity contribution is -0.137. The minimum absolute atomic E-state index is 0.0808. The predicted octanol–water partition coefficient (Wildman–Crippen LogP) is 4.47. The minimum atomic E-state index is -0.478. The molecule has 0 spiro atoms. The molecule has 6 N–H and O–H groups in total. The van der Waals surface area contributed by atoms with Gasteiger partial charge in [0.05, 0.1) is 29.5 Å². The molecule has 1 fully saturated rings. The Kier molecular flexibility index (Phi) is 9.23. The average Bonchev–Trinajstić information content (AvgIpc) is 2.95. The number of nitrogens with one attached hydrogen (secondary N) is 2. The number of carbonyl (C=O) groups excluding carboxylic acids is 1. The van der Waals surface area contributed by atoms with Gasteiger partial charge in [-0.3, -0.25) is 10.4 Å². The number of anilines is 2. The van der Waals surface area contributed by atoms with Crippen LogP contribution in [0.2, 0.25) is 0 Å². The summed E-state index contributed by atoms with van der Waals surface area (Å²) in [6, 6.07) is 17.0. The van der Waals surface area contributed by atoms with Gasteiger partial charge < -0.3 is 26.3 Å². The summed E-state index contributed by atoms with van der Waals surface area (Å²) in [5.41, 5.74) is 13.4. The Morgan fingerprint density at radius 3 is 2.44 bits per heavy atom. The molecule has 4 rings (SSSR count). The molecule has 202 valence electrons. The lowest BCUT2D eigenvalue weighted by Crippen LogP contribution is -2.29. The fourth-order valence-corrected chi connectivity index (χ4v) is 4.34. The van der Waals surface area contributed by atoms with Gasteiger partial charge in [0, 0.05) is 24.0 Å². The van der Waals surface area contributed by atoms with Crippen LogP contribution in [0.5, 0.6) is 11.5 Å². The maximum atomic E-state index is 11.9. The van der Waals surface area contributed by atoms with Crippen LogP contribution in [-0.4, -0.2) is 46.6 Å². The van der Waals surface area contributed by atoms with Gasteiger partial charge in [-0.2, -0.15) is 0 Å². The normalized spacial score (nSPS) is 17.5. The first-order valence-corrected chi connectivity index (χ1v) is 12.9. The van der Waals surface area contributed by atoms with Crippen LogP contribution < -0.4 is 21.5 Å². The van der Waals surface area contributed by atoms with Crippen molar-refractivity contribution in [2.75, 3.05) is 17.7 Å². The number of ether oxygens (including phenoxy) is 2. The van der Waals surface area contributed by atoms with Crippen LogP contribution in [0.15, 0.2) is 77.7 Å². The number of nitrogens with zero attached hydrogens (tertiary/aromatic N) is 3. The summed E-state index contributed by atoms with van der Waals surface area (Å²) in [5, 5.41) is 12.3. The molecule has 1 aliphatic rings. The van der Waals surface area contributed by atoms with Crippen molar-refractivity contribution in [2.24, 2.45) is 10.7 Å². The van der Waals surface area contributed by atoms with E-state index in [-0.39, 0.29) is 35.8 Å². The number of esters is 1. The number of rotatable bonds is 10.